The van der Waals surface area contributed by atoms with Crippen molar-refractivity contribution in [3.05, 3.63) is 22.8 Å². The van der Waals surface area contributed by atoms with Crippen molar-refractivity contribution in [2.24, 2.45) is 0 Å². The Morgan fingerprint density at radius 1 is 1.48 bits per heavy atom. The SMILES string of the molecule is CC(C)(C)OC(=O)N1CC[C@@H]([S@](=O)c2cccc(Br)n2)C1. The molecule has 7 heteroatoms. The van der Waals surface area contributed by atoms with Gasteiger partial charge in [0.1, 0.15) is 15.2 Å². The maximum atomic E-state index is 12.5. The average Bonchev–Trinajstić information content (AvgIpc) is 2.85. The summed E-state index contributed by atoms with van der Waals surface area (Å²) >= 11 is 3.28. The van der Waals surface area contributed by atoms with Gasteiger partial charge in [-0.2, -0.15) is 0 Å². The molecule has 0 aromatic carbocycles. The number of pyridine rings is 1. The molecule has 2 heterocycles. The first kappa shape index (κ1) is 16.4. The number of carbonyl (C=O) groups is 1. The minimum atomic E-state index is -1.22. The van der Waals surface area contributed by atoms with Crippen LogP contribution in [0.3, 0.4) is 0 Å². The monoisotopic (exact) mass is 374 g/mol. The van der Waals surface area contributed by atoms with Crippen LogP contribution in [0.4, 0.5) is 4.79 Å². The first-order chi connectivity index (χ1) is 9.76. The molecule has 0 saturated carbocycles. The molecule has 0 spiro atoms. The lowest BCUT2D eigenvalue weighted by molar-refractivity contribution is 0.0295. The molecule has 0 bridgehead atoms. The van der Waals surface area contributed by atoms with Gasteiger partial charge >= 0.3 is 6.09 Å². The Balaban J connectivity index is 1.99. The van der Waals surface area contributed by atoms with Crippen LogP contribution in [-0.4, -0.2) is 44.1 Å². The Bertz CT molecular complexity index is 559. The smallest absolute Gasteiger partial charge is 0.410 e. The molecule has 21 heavy (non-hydrogen) atoms. The highest BCUT2D eigenvalue weighted by Crippen LogP contribution is 2.22. The van der Waals surface area contributed by atoms with Gasteiger partial charge in [-0.25, -0.2) is 9.78 Å². The molecule has 1 aliphatic heterocycles. The zero-order valence-corrected chi connectivity index (χ0v) is 14.7. The summed E-state index contributed by atoms with van der Waals surface area (Å²) in [5.74, 6) is 0. The molecule has 0 unspecified atom stereocenters. The molecule has 1 aliphatic rings. The quantitative estimate of drug-likeness (QED) is 0.746. The predicted molar refractivity (Wildman–Crippen MR) is 84.6 cm³/mol. The number of amides is 1. The topological polar surface area (TPSA) is 59.5 Å². The minimum absolute atomic E-state index is 0.0979. The van der Waals surface area contributed by atoms with Gasteiger partial charge < -0.3 is 9.64 Å². The van der Waals surface area contributed by atoms with E-state index in [1.807, 2.05) is 26.8 Å². The van der Waals surface area contributed by atoms with Crippen LogP contribution in [0.15, 0.2) is 27.8 Å². The van der Waals surface area contributed by atoms with Crippen molar-refractivity contribution in [2.75, 3.05) is 13.1 Å². The largest absolute Gasteiger partial charge is 0.444 e. The zero-order valence-electron chi connectivity index (χ0n) is 12.3. The van der Waals surface area contributed by atoms with Crippen molar-refractivity contribution in [2.45, 2.75) is 43.1 Å². The molecule has 0 aliphatic carbocycles. The normalized spacial score (nSPS) is 20.4. The third kappa shape index (κ3) is 4.51. The lowest BCUT2D eigenvalue weighted by Crippen LogP contribution is -2.36. The van der Waals surface area contributed by atoms with Gasteiger partial charge in [-0.3, -0.25) is 4.21 Å². The maximum Gasteiger partial charge on any atom is 0.410 e. The Morgan fingerprint density at radius 2 is 2.19 bits per heavy atom. The van der Waals surface area contributed by atoms with Crippen LogP contribution in [0.1, 0.15) is 27.2 Å². The van der Waals surface area contributed by atoms with Gasteiger partial charge in [-0.05, 0) is 55.3 Å². The fraction of sp³-hybridized carbons (Fsp3) is 0.571. The van der Waals surface area contributed by atoms with E-state index in [1.165, 1.54) is 0 Å². The summed E-state index contributed by atoms with van der Waals surface area (Å²) in [6.45, 7) is 6.51. The third-order valence-corrected chi connectivity index (χ3v) is 5.07. The molecular formula is C14H19BrN2O3S. The second-order valence-electron chi connectivity index (χ2n) is 5.93. The van der Waals surface area contributed by atoms with Crippen molar-refractivity contribution in [1.29, 1.82) is 0 Å². The fourth-order valence-electron chi connectivity index (χ4n) is 2.07. The van der Waals surface area contributed by atoms with Gasteiger partial charge in [-0.1, -0.05) is 6.07 Å². The number of nitrogens with zero attached hydrogens (tertiary/aromatic N) is 2. The summed E-state index contributed by atoms with van der Waals surface area (Å²) in [5.41, 5.74) is -0.514. The highest BCUT2D eigenvalue weighted by Gasteiger charge is 2.33. The van der Waals surface area contributed by atoms with E-state index >= 15 is 0 Å². The number of ether oxygens (including phenoxy) is 1. The predicted octanol–water partition coefficient (Wildman–Crippen LogP) is 2.96. The maximum absolute atomic E-state index is 12.5. The van der Waals surface area contributed by atoms with Gasteiger partial charge in [0.25, 0.3) is 0 Å². The van der Waals surface area contributed by atoms with Crippen LogP contribution in [0.25, 0.3) is 0 Å². The van der Waals surface area contributed by atoms with E-state index in [1.54, 1.807) is 17.0 Å². The zero-order chi connectivity index (χ0) is 15.6. The summed E-state index contributed by atoms with van der Waals surface area (Å²) in [6, 6.07) is 5.35. The third-order valence-electron chi connectivity index (χ3n) is 3.00. The second kappa shape index (κ2) is 6.44. The summed E-state index contributed by atoms with van der Waals surface area (Å²) in [4.78, 5) is 17.8. The van der Waals surface area contributed by atoms with E-state index in [4.69, 9.17) is 4.74 Å². The van der Waals surface area contributed by atoms with Crippen LogP contribution >= 0.6 is 15.9 Å². The number of likely N-dealkylation sites (tertiary alicyclic amines) is 1. The van der Waals surface area contributed by atoms with E-state index in [0.29, 0.717) is 29.1 Å². The summed E-state index contributed by atoms with van der Waals surface area (Å²) < 4.78 is 18.5. The van der Waals surface area contributed by atoms with E-state index in [9.17, 15) is 9.00 Å². The van der Waals surface area contributed by atoms with Crippen LogP contribution in [0.2, 0.25) is 0 Å². The van der Waals surface area contributed by atoms with Gasteiger partial charge in [-0.15, -0.1) is 0 Å². The lowest BCUT2D eigenvalue weighted by Gasteiger charge is -2.24. The van der Waals surface area contributed by atoms with Crippen LogP contribution in [-0.2, 0) is 15.5 Å². The number of rotatable bonds is 2. The Kier molecular flexibility index (Phi) is 5.03. The number of aromatic nitrogens is 1. The Morgan fingerprint density at radius 3 is 2.81 bits per heavy atom. The van der Waals surface area contributed by atoms with Crippen LogP contribution in [0.5, 0.6) is 0 Å². The molecular weight excluding hydrogens is 356 g/mol. The molecule has 1 aromatic rings. The number of hydrogen-bond acceptors (Lipinski definition) is 4. The highest BCUT2D eigenvalue weighted by atomic mass is 79.9. The van der Waals surface area contributed by atoms with Crippen molar-refractivity contribution in [3.8, 4) is 0 Å². The highest BCUT2D eigenvalue weighted by molar-refractivity contribution is 9.10. The molecule has 1 amide bonds. The van der Waals surface area contributed by atoms with Gasteiger partial charge in [0, 0.05) is 13.1 Å². The van der Waals surface area contributed by atoms with Gasteiger partial charge in [0.05, 0.1) is 16.0 Å². The first-order valence-corrected chi connectivity index (χ1v) is 8.78. The van der Waals surface area contributed by atoms with Crippen molar-refractivity contribution >= 4 is 32.8 Å². The molecule has 0 radical (unpaired) electrons. The summed E-state index contributed by atoms with van der Waals surface area (Å²) in [7, 11) is -1.22. The molecule has 0 N–H and O–H groups in total. The van der Waals surface area contributed by atoms with E-state index in [0.717, 1.165) is 0 Å². The molecule has 1 saturated heterocycles. The number of halogens is 1. The molecule has 116 valence electrons. The van der Waals surface area contributed by atoms with Crippen LogP contribution in [0, 0.1) is 0 Å². The molecule has 2 rings (SSSR count). The molecule has 1 aromatic heterocycles. The fourth-order valence-corrected chi connectivity index (χ4v) is 3.91. The van der Waals surface area contributed by atoms with Gasteiger partial charge in [0.2, 0.25) is 0 Å². The van der Waals surface area contributed by atoms with Crippen molar-refractivity contribution in [3.63, 3.8) is 0 Å². The molecule has 2 atom stereocenters. The Hall–Kier alpha value is -0.950. The van der Waals surface area contributed by atoms with E-state index < -0.39 is 16.4 Å². The van der Waals surface area contributed by atoms with E-state index in [2.05, 4.69) is 20.9 Å². The summed E-state index contributed by atoms with van der Waals surface area (Å²) in [6.07, 6.45) is 0.351. The lowest BCUT2D eigenvalue weighted by atomic mass is 10.2. The van der Waals surface area contributed by atoms with Crippen LogP contribution < -0.4 is 0 Å². The minimum Gasteiger partial charge on any atom is -0.444 e. The number of carbonyl (C=O) groups excluding carboxylic acids is 1. The first-order valence-electron chi connectivity index (χ1n) is 6.77. The van der Waals surface area contributed by atoms with Crippen molar-refractivity contribution in [1.82, 2.24) is 9.88 Å². The second-order valence-corrected chi connectivity index (χ2v) is 8.43. The van der Waals surface area contributed by atoms with Crippen molar-refractivity contribution < 1.29 is 13.7 Å². The van der Waals surface area contributed by atoms with E-state index in [-0.39, 0.29) is 11.3 Å². The molecule has 1 fully saturated rings. The molecule has 5 nitrogen and oxygen atoms in total. The summed E-state index contributed by atoms with van der Waals surface area (Å²) in [5, 5.41) is 0.444. The Labute approximate surface area is 135 Å². The standard InChI is InChI=1S/C14H19BrN2O3S/c1-14(2,3)20-13(18)17-8-7-10(9-17)21(19)12-6-4-5-11(15)16-12/h4-6,10H,7-9H2,1-3H3/t10-,21+/m1/s1. The number of hydrogen-bond donors (Lipinski definition) is 0. The van der Waals surface area contributed by atoms with Gasteiger partial charge in [0.15, 0.2) is 0 Å². The average molecular weight is 375 g/mol.